The second kappa shape index (κ2) is 5.91. The molecule has 4 nitrogen and oxygen atoms in total. The van der Waals surface area contributed by atoms with Crippen molar-refractivity contribution in [1.82, 2.24) is 0 Å². The number of esters is 1. The minimum atomic E-state index is -2.09. The van der Waals surface area contributed by atoms with Crippen molar-refractivity contribution in [2.24, 2.45) is 28.6 Å². The van der Waals surface area contributed by atoms with Crippen molar-refractivity contribution in [3.63, 3.8) is 0 Å². The molecule has 27 heavy (non-hydrogen) atoms. The summed E-state index contributed by atoms with van der Waals surface area (Å²) >= 11 is 0. The van der Waals surface area contributed by atoms with E-state index >= 15 is 0 Å². The average Bonchev–Trinajstić information content (AvgIpc) is 2.72. The largest absolute Gasteiger partial charge is 0.469 e. The van der Waals surface area contributed by atoms with Gasteiger partial charge in [-0.3, -0.25) is 9.59 Å². The third-order valence-corrected chi connectivity index (χ3v) is 13.0. The number of carbonyl (C=O) groups excluding carboxylic acids is 2. The van der Waals surface area contributed by atoms with Gasteiger partial charge in [-0.2, -0.15) is 0 Å². The molecule has 154 valence electrons. The van der Waals surface area contributed by atoms with Gasteiger partial charge >= 0.3 is 5.97 Å². The van der Waals surface area contributed by atoms with Gasteiger partial charge in [-0.05, 0) is 55.1 Å². The molecule has 3 fully saturated rings. The molecule has 0 aromatic heterocycles. The summed E-state index contributed by atoms with van der Waals surface area (Å²) in [6.07, 6.45) is 3.34. The molecule has 0 heterocycles. The van der Waals surface area contributed by atoms with E-state index in [1.165, 1.54) is 7.11 Å². The summed E-state index contributed by atoms with van der Waals surface area (Å²) in [6, 6.07) is 0. The molecule has 0 saturated heterocycles. The summed E-state index contributed by atoms with van der Waals surface area (Å²) in [5.41, 5.74) is -0.863. The Bertz CT molecular complexity index is 662. The molecule has 0 radical (unpaired) electrons. The van der Waals surface area contributed by atoms with Gasteiger partial charge in [-0.25, -0.2) is 0 Å². The third kappa shape index (κ3) is 2.86. The van der Waals surface area contributed by atoms with Crippen molar-refractivity contribution in [3.8, 4) is 0 Å². The Morgan fingerprint density at radius 3 is 2.19 bits per heavy atom. The van der Waals surface area contributed by atoms with Crippen LogP contribution >= 0.6 is 0 Å². The fourth-order valence-corrected chi connectivity index (χ4v) is 7.63. The van der Waals surface area contributed by atoms with Gasteiger partial charge in [0.25, 0.3) is 0 Å². The molecular weight excluding hydrogens is 356 g/mol. The van der Waals surface area contributed by atoms with Crippen LogP contribution in [0.3, 0.4) is 0 Å². The van der Waals surface area contributed by atoms with Crippen LogP contribution in [-0.4, -0.2) is 32.8 Å². The van der Waals surface area contributed by atoms with Crippen molar-refractivity contribution >= 4 is 20.1 Å². The van der Waals surface area contributed by atoms with E-state index < -0.39 is 13.9 Å². The van der Waals surface area contributed by atoms with Gasteiger partial charge in [0.05, 0.1) is 18.6 Å². The van der Waals surface area contributed by atoms with E-state index in [1.54, 1.807) is 0 Å². The third-order valence-electron chi connectivity index (χ3n) is 8.55. The minimum Gasteiger partial charge on any atom is -0.469 e. The van der Waals surface area contributed by atoms with Crippen LogP contribution in [0.4, 0.5) is 0 Å². The van der Waals surface area contributed by atoms with Crippen LogP contribution in [0, 0.1) is 28.6 Å². The second-order valence-electron chi connectivity index (χ2n) is 11.8. The summed E-state index contributed by atoms with van der Waals surface area (Å²) < 4.78 is 12.3. The fourth-order valence-electron chi connectivity index (χ4n) is 5.95. The summed E-state index contributed by atoms with van der Waals surface area (Å²) in [5, 5.41) is 0.0700. The molecule has 3 aliphatic rings. The number of hydrogen-bond donors (Lipinski definition) is 0. The average molecular weight is 395 g/mol. The predicted molar refractivity (Wildman–Crippen MR) is 109 cm³/mol. The maximum Gasteiger partial charge on any atom is 0.311 e. The molecule has 5 atom stereocenters. The van der Waals surface area contributed by atoms with Crippen LogP contribution < -0.4 is 0 Å². The number of hydrogen-bond acceptors (Lipinski definition) is 4. The van der Waals surface area contributed by atoms with Crippen molar-refractivity contribution in [1.29, 1.82) is 0 Å². The van der Waals surface area contributed by atoms with E-state index in [4.69, 9.17) is 9.16 Å². The summed E-state index contributed by atoms with van der Waals surface area (Å²) in [4.78, 5) is 25.6. The Kier molecular flexibility index (Phi) is 4.61. The van der Waals surface area contributed by atoms with Gasteiger partial charge in [0.2, 0.25) is 0 Å². The zero-order valence-electron chi connectivity index (χ0n) is 18.7. The lowest BCUT2D eigenvalue weighted by atomic mass is 9.43. The number of fused-ring (bicyclic) bond motifs is 2. The van der Waals surface area contributed by atoms with Crippen molar-refractivity contribution < 1.29 is 18.8 Å². The number of methoxy groups -OCH3 is 1. The molecule has 0 aromatic rings. The monoisotopic (exact) mass is 394 g/mol. The zero-order valence-corrected chi connectivity index (χ0v) is 19.7. The molecule has 5 heteroatoms. The van der Waals surface area contributed by atoms with Gasteiger partial charge in [0.1, 0.15) is 5.78 Å². The number of rotatable bonds is 3. The SMILES string of the molecule is COC(=O)[C@@H]1C[C@]2(C)C[C@H]3C(=O)C(C)(C)C[C@H]3C[C@]12O[Si](C)(C)C(C)(C)C. The van der Waals surface area contributed by atoms with Gasteiger partial charge in [-0.15, -0.1) is 0 Å². The first-order chi connectivity index (χ1) is 12.1. The van der Waals surface area contributed by atoms with Crippen LogP contribution in [0.2, 0.25) is 18.1 Å². The van der Waals surface area contributed by atoms with E-state index in [0.29, 0.717) is 11.7 Å². The molecule has 0 unspecified atom stereocenters. The summed E-state index contributed by atoms with van der Waals surface area (Å²) in [5.74, 6) is 0.503. The molecule has 3 aliphatic carbocycles. The van der Waals surface area contributed by atoms with Crippen LogP contribution in [0.1, 0.15) is 67.2 Å². The molecular formula is C22H38O4Si. The fraction of sp³-hybridized carbons (Fsp3) is 0.909. The maximum absolute atomic E-state index is 13.0. The van der Waals surface area contributed by atoms with Crippen LogP contribution in [-0.2, 0) is 18.8 Å². The van der Waals surface area contributed by atoms with Gasteiger partial charge in [0.15, 0.2) is 8.32 Å². The van der Waals surface area contributed by atoms with E-state index in [-0.39, 0.29) is 33.7 Å². The molecule has 0 N–H and O–H groups in total. The van der Waals surface area contributed by atoms with Crippen LogP contribution in [0.5, 0.6) is 0 Å². The standard InChI is InChI=1S/C22H38O4Si/c1-19(2,3)27(8,9)26-22-11-14-10-20(4,5)17(23)15(14)12-21(22,6)13-16(22)18(24)25-7/h14-16H,10-13H2,1-9H3/t14-,15+,16-,21-,22-/m0/s1. The Labute approximate surface area is 165 Å². The van der Waals surface area contributed by atoms with Gasteiger partial charge < -0.3 is 9.16 Å². The molecule has 3 saturated carbocycles. The normalized spacial score (nSPS) is 40.8. The maximum atomic E-state index is 13.0. The molecule has 0 bridgehead atoms. The Hall–Kier alpha value is -0.683. The Morgan fingerprint density at radius 2 is 1.67 bits per heavy atom. The number of Topliss-reactive ketones (excluding diaryl/α,β-unsaturated/α-hetero) is 1. The summed E-state index contributed by atoms with van der Waals surface area (Å²) in [6.45, 7) is 17.7. The molecule has 3 rings (SSSR count). The number of carbonyl (C=O) groups is 2. The highest BCUT2D eigenvalue weighted by molar-refractivity contribution is 6.74. The van der Waals surface area contributed by atoms with E-state index in [1.807, 2.05) is 0 Å². The highest BCUT2D eigenvalue weighted by atomic mass is 28.4. The molecule has 0 aromatic carbocycles. The predicted octanol–water partition coefficient (Wildman–Crippen LogP) is 4.97. The summed E-state index contributed by atoms with van der Waals surface area (Å²) in [7, 11) is -0.614. The lowest BCUT2D eigenvalue weighted by Crippen LogP contribution is -2.73. The van der Waals surface area contributed by atoms with Crippen molar-refractivity contribution in [3.05, 3.63) is 0 Å². The van der Waals surface area contributed by atoms with Crippen LogP contribution in [0.25, 0.3) is 0 Å². The Morgan fingerprint density at radius 1 is 1.07 bits per heavy atom. The van der Waals surface area contributed by atoms with Gasteiger partial charge in [-0.1, -0.05) is 41.5 Å². The van der Waals surface area contributed by atoms with E-state index in [9.17, 15) is 9.59 Å². The van der Waals surface area contributed by atoms with Crippen molar-refractivity contribution in [2.75, 3.05) is 7.11 Å². The van der Waals surface area contributed by atoms with Crippen LogP contribution in [0.15, 0.2) is 0 Å². The second-order valence-corrected chi connectivity index (χ2v) is 16.5. The lowest BCUT2D eigenvalue weighted by Gasteiger charge is -2.68. The zero-order chi connectivity index (χ0) is 20.6. The van der Waals surface area contributed by atoms with Crippen molar-refractivity contribution in [2.45, 2.75) is 91.0 Å². The molecule has 0 aliphatic heterocycles. The topological polar surface area (TPSA) is 52.6 Å². The Balaban J connectivity index is 2.02. The smallest absolute Gasteiger partial charge is 0.311 e. The lowest BCUT2D eigenvalue weighted by molar-refractivity contribution is -0.241. The highest BCUT2D eigenvalue weighted by Crippen LogP contribution is 2.70. The molecule has 0 spiro atoms. The highest BCUT2D eigenvalue weighted by Gasteiger charge is 2.73. The first-order valence-electron chi connectivity index (χ1n) is 10.4. The van der Waals surface area contributed by atoms with E-state index in [2.05, 4.69) is 54.6 Å². The first-order valence-corrected chi connectivity index (χ1v) is 13.3. The van der Waals surface area contributed by atoms with Gasteiger partial charge in [0, 0.05) is 11.3 Å². The molecule has 0 amide bonds. The number of ketones is 1. The first kappa shape index (κ1) is 21.0. The van der Waals surface area contributed by atoms with E-state index in [0.717, 1.165) is 25.7 Å². The minimum absolute atomic E-state index is 0.0700. The number of ether oxygens (including phenoxy) is 1. The quantitative estimate of drug-likeness (QED) is 0.501.